The van der Waals surface area contributed by atoms with Gasteiger partial charge in [-0.1, -0.05) is 181 Å². The van der Waals surface area contributed by atoms with Crippen LogP contribution in [-0.2, 0) is 28.6 Å². The predicted molar refractivity (Wildman–Crippen MR) is 246 cm³/mol. The third-order valence-electron chi connectivity index (χ3n) is 8.84. The van der Waals surface area contributed by atoms with Crippen molar-refractivity contribution in [1.82, 2.24) is 0 Å². The summed E-state index contributed by atoms with van der Waals surface area (Å²) < 4.78 is 16.6. The van der Waals surface area contributed by atoms with Crippen molar-refractivity contribution in [3.8, 4) is 0 Å². The van der Waals surface area contributed by atoms with Gasteiger partial charge in [-0.05, 0) is 89.9 Å². The van der Waals surface area contributed by atoms with Crippen molar-refractivity contribution in [1.29, 1.82) is 0 Å². The number of rotatable bonds is 38. The van der Waals surface area contributed by atoms with Crippen molar-refractivity contribution in [3.63, 3.8) is 0 Å². The van der Waals surface area contributed by atoms with Crippen LogP contribution in [0.4, 0.5) is 0 Å². The van der Waals surface area contributed by atoms with E-state index in [2.05, 4.69) is 81.5 Å². The van der Waals surface area contributed by atoms with Gasteiger partial charge < -0.3 is 14.2 Å². The lowest BCUT2D eigenvalue weighted by Crippen LogP contribution is -2.30. The third-order valence-corrected chi connectivity index (χ3v) is 8.84. The molecule has 6 nitrogen and oxygen atoms in total. The fraction of sp³-hybridized carbons (Fsp3) is 0.558. The van der Waals surface area contributed by atoms with Crippen molar-refractivity contribution in [2.45, 2.75) is 175 Å². The number of unbranched alkanes of at least 4 members (excludes halogenated alkanes) is 12. The summed E-state index contributed by atoms with van der Waals surface area (Å²) in [6.45, 7) is 6.22. The highest BCUT2D eigenvalue weighted by Gasteiger charge is 2.19. The molecule has 1 atom stereocenters. The SMILES string of the molecule is CC\C=C/C=C\C=C/C=C\C=C\C=C/CCCCCC(=O)OCC(COC(=O)CCC/C=C\CCCCCC)OC(=O)CCCCCC/C=C\C/C=C\C/C=C\CC. The number of allylic oxidation sites excluding steroid dienone is 20. The third kappa shape index (κ3) is 42.9. The summed E-state index contributed by atoms with van der Waals surface area (Å²) in [7, 11) is 0. The highest BCUT2D eigenvalue weighted by atomic mass is 16.6. The summed E-state index contributed by atoms with van der Waals surface area (Å²) >= 11 is 0. The van der Waals surface area contributed by atoms with Crippen LogP contribution in [0.15, 0.2) is 122 Å². The zero-order valence-corrected chi connectivity index (χ0v) is 36.8. The standard InChI is InChI=1S/C52H80O6/c1-4-7-10-13-16-19-21-23-25-26-27-29-30-33-36-39-42-45-51(54)57-48-49(47-56-50(53)44-41-38-35-32-18-15-12-9-6-3)58-52(55)46-43-40-37-34-31-28-24-22-20-17-14-11-8-5-2/h7-8,10-11,13,16-17,19-21,23-30,32,35,49H,4-6,9,12,14-15,18,22,31,33-34,36-48H2,1-3H3/b10-7-,11-8-,16-13-,20-17-,21-19-,25-23-,27-26+,28-24-,30-29-,35-32-. The molecule has 0 saturated carbocycles. The van der Waals surface area contributed by atoms with E-state index in [1.54, 1.807) is 0 Å². The molecule has 0 aliphatic heterocycles. The molecule has 0 aliphatic rings. The lowest BCUT2D eigenvalue weighted by molar-refractivity contribution is -0.167. The Morgan fingerprint density at radius 1 is 0.379 bits per heavy atom. The van der Waals surface area contributed by atoms with Crippen LogP contribution in [0.25, 0.3) is 0 Å². The van der Waals surface area contributed by atoms with E-state index < -0.39 is 6.10 Å². The summed E-state index contributed by atoms with van der Waals surface area (Å²) in [5.41, 5.74) is 0. The molecular weight excluding hydrogens is 721 g/mol. The van der Waals surface area contributed by atoms with Crippen molar-refractivity contribution < 1.29 is 28.6 Å². The molecule has 0 amide bonds. The number of hydrogen-bond acceptors (Lipinski definition) is 6. The Balaban J connectivity index is 4.55. The topological polar surface area (TPSA) is 78.9 Å². The molecule has 0 N–H and O–H groups in total. The molecule has 0 aromatic heterocycles. The summed E-state index contributed by atoms with van der Waals surface area (Å²) in [5, 5.41) is 0. The van der Waals surface area contributed by atoms with Crippen LogP contribution in [0.2, 0.25) is 0 Å². The number of carbonyl (C=O) groups is 3. The molecule has 0 fully saturated rings. The average Bonchev–Trinajstić information content (AvgIpc) is 3.22. The van der Waals surface area contributed by atoms with E-state index in [0.29, 0.717) is 19.3 Å². The molecule has 6 heteroatoms. The zero-order valence-electron chi connectivity index (χ0n) is 36.8. The van der Waals surface area contributed by atoms with Gasteiger partial charge in [0.1, 0.15) is 13.2 Å². The van der Waals surface area contributed by atoms with E-state index >= 15 is 0 Å². The first-order chi connectivity index (χ1) is 28.5. The predicted octanol–water partition coefficient (Wildman–Crippen LogP) is 14.6. The molecule has 0 spiro atoms. The highest BCUT2D eigenvalue weighted by molar-refractivity contribution is 5.71. The second-order valence-corrected chi connectivity index (χ2v) is 14.3. The van der Waals surface area contributed by atoms with Gasteiger partial charge in [0.25, 0.3) is 0 Å². The monoisotopic (exact) mass is 801 g/mol. The van der Waals surface area contributed by atoms with Gasteiger partial charge in [0, 0.05) is 19.3 Å². The van der Waals surface area contributed by atoms with Crippen LogP contribution in [0.3, 0.4) is 0 Å². The van der Waals surface area contributed by atoms with Crippen LogP contribution >= 0.6 is 0 Å². The second-order valence-electron chi connectivity index (χ2n) is 14.3. The number of carbonyl (C=O) groups excluding carboxylic acids is 3. The van der Waals surface area contributed by atoms with Crippen molar-refractivity contribution >= 4 is 17.9 Å². The van der Waals surface area contributed by atoms with Crippen LogP contribution in [0.5, 0.6) is 0 Å². The molecule has 0 aromatic rings. The minimum Gasteiger partial charge on any atom is -0.462 e. The Bertz CT molecular complexity index is 1290. The number of esters is 3. The smallest absolute Gasteiger partial charge is 0.306 e. The van der Waals surface area contributed by atoms with Gasteiger partial charge in [0.05, 0.1) is 0 Å². The minimum atomic E-state index is -0.820. The Morgan fingerprint density at radius 3 is 1.34 bits per heavy atom. The molecule has 0 heterocycles. The molecule has 0 aliphatic carbocycles. The molecule has 0 radical (unpaired) electrons. The summed E-state index contributed by atoms with van der Waals surface area (Å²) in [4.78, 5) is 37.7. The second kappa shape index (κ2) is 45.5. The lowest BCUT2D eigenvalue weighted by Gasteiger charge is -2.18. The van der Waals surface area contributed by atoms with E-state index in [4.69, 9.17) is 14.2 Å². The molecule has 0 saturated heterocycles. The maximum Gasteiger partial charge on any atom is 0.306 e. The molecular formula is C52H80O6. The largest absolute Gasteiger partial charge is 0.462 e. The van der Waals surface area contributed by atoms with Crippen molar-refractivity contribution in [3.05, 3.63) is 122 Å². The molecule has 324 valence electrons. The Hall–Kier alpha value is -4.19. The van der Waals surface area contributed by atoms with Gasteiger partial charge >= 0.3 is 17.9 Å². The first-order valence-corrected chi connectivity index (χ1v) is 22.6. The van der Waals surface area contributed by atoms with Gasteiger partial charge in [0.2, 0.25) is 0 Å². The van der Waals surface area contributed by atoms with E-state index in [1.807, 2.05) is 60.8 Å². The molecule has 58 heavy (non-hydrogen) atoms. The van der Waals surface area contributed by atoms with E-state index in [1.165, 1.54) is 25.7 Å². The Labute approximate surface area is 354 Å². The van der Waals surface area contributed by atoms with E-state index in [-0.39, 0.29) is 37.5 Å². The first-order valence-electron chi connectivity index (χ1n) is 22.6. The Morgan fingerprint density at radius 2 is 0.776 bits per heavy atom. The van der Waals surface area contributed by atoms with Gasteiger partial charge in [-0.15, -0.1) is 0 Å². The van der Waals surface area contributed by atoms with Crippen LogP contribution in [0, 0.1) is 0 Å². The fourth-order valence-electron chi connectivity index (χ4n) is 5.49. The molecule has 0 rings (SSSR count). The molecule has 0 aromatic carbocycles. The number of ether oxygens (including phenoxy) is 3. The van der Waals surface area contributed by atoms with Gasteiger partial charge in [-0.25, -0.2) is 0 Å². The lowest BCUT2D eigenvalue weighted by atomic mass is 10.1. The quantitative estimate of drug-likeness (QED) is 0.0203. The van der Waals surface area contributed by atoms with E-state index in [9.17, 15) is 14.4 Å². The van der Waals surface area contributed by atoms with Gasteiger partial charge in [-0.2, -0.15) is 0 Å². The normalized spacial score (nSPS) is 13.2. The average molecular weight is 801 g/mol. The first kappa shape index (κ1) is 53.8. The zero-order chi connectivity index (χ0) is 42.3. The van der Waals surface area contributed by atoms with Crippen molar-refractivity contribution in [2.75, 3.05) is 13.2 Å². The maximum atomic E-state index is 12.7. The molecule has 1 unspecified atom stereocenters. The van der Waals surface area contributed by atoms with Crippen LogP contribution in [0.1, 0.15) is 168 Å². The molecule has 0 bridgehead atoms. The number of hydrogen-bond donors (Lipinski definition) is 0. The van der Waals surface area contributed by atoms with Crippen LogP contribution < -0.4 is 0 Å². The van der Waals surface area contributed by atoms with Crippen LogP contribution in [-0.4, -0.2) is 37.2 Å². The maximum absolute atomic E-state index is 12.7. The van der Waals surface area contributed by atoms with Crippen molar-refractivity contribution in [2.24, 2.45) is 0 Å². The highest BCUT2D eigenvalue weighted by Crippen LogP contribution is 2.11. The summed E-state index contributed by atoms with van der Waals surface area (Å²) in [6, 6.07) is 0. The van der Waals surface area contributed by atoms with Gasteiger partial charge in [0.15, 0.2) is 6.10 Å². The van der Waals surface area contributed by atoms with Gasteiger partial charge in [-0.3, -0.25) is 14.4 Å². The minimum absolute atomic E-state index is 0.121. The Kier molecular flexibility index (Phi) is 42.2. The fourth-order valence-corrected chi connectivity index (χ4v) is 5.49. The summed E-state index contributed by atoms with van der Waals surface area (Å²) in [6.07, 6.45) is 61.9. The summed E-state index contributed by atoms with van der Waals surface area (Å²) in [5.74, 6) is -1.04. The van der Waals surface area contributed by atoms with E-state index in [0.717, 1.165) is 96.3 Å².